The molecule has 118 valence electrons. The number of hydrogen-bond acceptors (Lipinski definition) is 2. The fraction of sp³-hybridized carbons (Fsp3) is 0.333. The van der Waals surface area contributed by atoms with E-state index in [0.717, 1.165) is 17.7 Å². The summed E-state index contributed by atoms with van der Waals surface area (Å²) in [7, 11) is 1.91. The fourth-order valence-corrected chi connectivity index (χ4v) is 2.71. The summed E-state index contributed by atoms with van der Waals surface area (Å²) in [6, 6.07) is 7.31. The lowest BCUT2D eigenvalue weighted by Crippen LogP contribution is -2.34. The van der Waals surface area contributed by atoms with E-state index in [1.54, 1.807) is 18.3 Å². The van der Waals surface area contributed by atoms with E-state index in [4.69, 9.17) is 28.9 Å². The third kappa shape index (κ3) is 4.39. The van der Waals surface area contributed by atoms with Crippen molar-refractivity contribution in [2.45, 2.75) is 19.4 Å². The summed E-state index contributed by atoms with van der Waals surface area (Å²) < 4.78 is 1.83. The molecule has 1 atom stereocenters. The molecule has 1 aromatic carbocycles. The molecule has 3 N–H and O–H groups in total. The SMILES string of the molecule is C[C@@H](NC(N)=NCCc1ccnn1C)c1ccc(Cl)cc1Cl. The van der Waals surface area contributed by atoms with Gasteiger partial charge in [-0.3, -0.25) is 9.67 Å². The van der Waals surface area contributed by atoms with Crippen LogP contribution in [0, 0.1) is 0 Å². The van der Waals surface area contributed by atoms with Crippen molar-refractivity contribution in [2.75, 3.05) is 6.54 Å². The summed E-state index contributed by atoms with van der Waals surface area (Å²) >= 11 is 12.1. The van der Waals surface area contributed by atoms with Crippen LogP contribution in [0.4, 0.5) is 0 Å². The van der Waals surface area contributed by atoms with Crippen molar-refractivity contribution in [3.63, 3.8) is 0 Å². The first kappa shape index (κ1) is 16.6. The van der Waals surface area contributed by atoms with E-state index in [2.05, 4.69) is 15.4 Å². The summed E-state index contributed by atoms with van der Waals surface area (Å²) in [4.78, 5) is 4.33. The molecule has 1 heterocycles. The standard InChI is InChI=1S/C15H19Cl2N5/c1-10(13-4-3-11(16)9-14(13)17)21-15(18)19-7-5-12-6-8-20-22(12)2/h3-4,6,8-10H,5,7H2,1-2H3,(H3,18,19,21)/t10-/m1/s1. The van der Waals surface area contributed by atoms with Gasteiger partial charge in [-0.2, -0.15) is 5.10 Å². The zero-order chi connectivity index (χ0) is 16.1. The zero-order valence-electron chi connectivity index (χ0n) is 12.6. The molecule has 7 heteroatoms. The van der Waals surface area contributed by atoms with E-state index >= 15 is 0 Å². The lowest BCUT2D eigenvalue weighted by molar-refractivity contribution is 0.694. The lowest BCUT2D eigenvalue weighted by Gasteiger charge is -2.16. The van der Waals surface area contributed by atoms with Gasteiger partial charge in [0.15, 0.2) is 5.96 Å². The summed E-state index contributed by atoms with van der Waals surface area (Å²) in [6.45, 7) is 2.57. The first-order valence-electron chi connectivity index (χ1n) is 6.95. The van der Waals surface area contributed by atoms with Crippen molar-refractivity contribution in [3.8, 4) is 0 Å². The van der Waals surface area contributed by atoms with Gasteiger partial charge in [-0.15, -0.1) is 0 Å². The number of aryl methyl sites for hydroxylation is 1. The topological polar surface area (TPSA) is 68.2 Å². The van der Waals surface area contributed by atoms with Crippen LogP contribution in [0.3, 0.4) is 0 Å². The molecule has 0 bridgehead atoms. The normalized spacial score (nSPS) is 13.2. The Labute approximate surface area is 140 Å². The largest absolute Gasteiger partial charge is 0.370 e. The van der Waals surface area contributed by atoms with Crippen LogP contribution in [-0.4, -0.2) is 22.3 Å². The lowest BCUT2D eigenvalue weighted by atomic mass is 10.1. The quantitative estimate of drug-likeness (QED) is 0.650. The monoisotopic (exact) mass is 339 g/mol. The number of nitrogens with two attached hydrogens (primary N) is 1. The Bertz CT molecular complexity index is 666. The van der Waals surface area contributed by atoms with Gasteiger partial charge in [-0.25, -0.2) is 0 Å². The van der Waals surface area contributed by atoms with Gasteiger partial charge in [0.1, 0.15) is 0 Å². The third-order valence-corrected chi connectivity index (χ3v) is 3.93. The number of nitrogens with zero attached hydrogens (tertiary/aromatic N) is 3. The van der Waals surface area contributed by atoms with Crippen molar-refractivity contribution in [3.05, 3.63) is 51.8 Å². The molecular weight excluding hydrogens is 321 g/mol. The molecule has 2 aromatic rings. The van der Waals surface area contributed by atoms with Crippen LogP contribution < -0.4 is 11.1 Å². The van der Waals surface area contributed by atoms with E-state index in [0.29, 0.717) is 22.5 Å². The fourth-order valence-electron chi connectivity index (χ4n) is 2.14. The van der Waals surface area contributed by atoms with Crippen molar-refractivity contribution >= 4 is 29.2 Å². The maximum Gasteiger partial charge on any atom is 0.189 e. The molecule has 0 aliphatic heterocycles. The molecule has 0 unspecified atom stereocenters. The Morgan fingerprint density at radius 3 is 2.82 bits per heavy atom. The summed E-state index contributed by atoms with van der Waals surface area (Å²) in [5, 5.41) is 8.46. The highest BCUT2D eigenvalue weighted by Gasteiger charge is 2.10. The Kier molecular flexibility index (Phi) is 5.69. The Morgan fingerprint density at radius 1 is 1.41 bits per heavy atom. The minimum Gasteiger partial charge on any atom is -0.370 e. The van der Waals surface area contributed by atoms with Crippen molar-refractivity contribution in [2.24, 2.45) is 17.8 Å². The van der Waals surface area contributed by atoms with Crippen LogP contribution in [0.2, 0.25) is 10.0 Å². The van der Waals surface area contributed by atoms with Crippen LogP contribution in [0.15, 0.2) is 35.5 Å². The molecule has 0 amide bonds. The van der Waals surface area contributed by atoms with Gasteiger partial charge >= 0.3 is 0 Å². The average Bonchev–Trinajstić information content (AvgIpc) is 2.84. The number of halogens is 2. The number of aromatic nitrogens is 2. The molecular formula is C15H19Cl2N5. The number of nitrogens with one attached hydrogen (secondary N) is 1. The van der Waals surface area contributed by atoms with E-state index in [1.807, 2.05) is 30.8 Å². The van der Waals surface area contributed by atoms with Gasteiger partial charge in [0, 0.05) is 41.9 Å². The van der Waals surface area contributed by atoms with Gasteiger partial charge in [-0.1, -0.05) is 29.3 Å². The van der Waals surface area contributed by atoms with E-state index < -0.39 is 0 Å². The number of hydrogen-bond donors (Lipinski definition) is 2. The van der Waals surface area contributed by atoms with Gasteiger partial charge in [0.2, 0.25) is 0 Å². The summed E-state index contributed by atoms with van der Waals surface area (Å²) in [5.41, 5.74) is 7.96. The molecule has 5 nitrogen and oxygen atoms in total. The Balaban J connectivity index is 1.91. The molecule has 0 fully saturated rings. The molecule has 0 saturated heterocycles. The van der Waals surface area contributed by atoms with E-state index in [1.165, 1.54) is 0 Å². The molecule has 0 aliphatic rings. The average molecular weight is 340 g/mol. The number of guanidine groups is 1. The minimum atomic E-state index is -0.0507. The maximum absolute atomic E-state index is 6.18. The summed E-state index contributed by atoms with van der Waals surface area (Å²) in [6.07, 6.45) is 2.56. The van der Waals surface area contributed by atoms with E-state index in [-0.39, 0.29) is 6.04 Å². The maximum atomic E-state index is 6.18. The predicted molar refractivity (Wildman–Crippen MR) is 91.4 cm³/mol. The molecule has 0 spiro atoms. The highest BCUT2D eigenvalue weighted by atomic mass is 35.5. The molecule has 0 radical (unpaired) electrons. The van der Waals surface area contributed by atoms with Crippen LogP contribution in [0.1, 0.15) is 24.2 Å². The van der Waals surface area contributed by atoms with Crippen LogP contribution in [0.5, 0.6) is 0 Å². The third-order valence-electron chi connectivity index (χ3n) is 3.37. The number of benzene rings is 1. The van der Waals surface area contributed by atoms with Crippen molar-refractivity contribution < 1.29 is 0 Å². The van der Waals surface area contributed by atoms with Crippen LogP contribution in [-0.2, 0) is 13.5 Å². The minimum absolute atomic E-state index is 0.0507. The molecule has 0 saturated carbocycles. The molecule has 1 aromatic heterocycles. The Hall–Kier alpha value is -1.72. The highest BCUT2D eigenvalue weighted by molar-refractivity contribution is 6.35. The number of aliphatic imine (C=N–C) groups is 1. The van der Waals surface area contributed by atoms with Crippen molar-refractivity contribution in [1.29, 1.82) is 0 Å². The predicted octanol–water partition coefficient (Wildman–Crippen LogP) is 2.93. The van der Waals surface area contributed by atoms with Crippen LogP contribution >= 0.6 is 23.2 Å². The zero-order valence-corrected chi connectivity index (χ0v) is 14.1. The van der Waals surface area contributed by atoms with Gasteiger partial charge < -0.3 is 11.1 Å². The Morgan fingerprint density at radius 2 is 2.18 bits per heavy atom. The molecule has 2 rings (SSSR count). The number of rotatable bonds is 5. The molecule has 0 aliphatic carbocycles. The second kappa shape index (κ2) is 7.51. The van der Waals surface area contributed by atoms with Gasteiger partial charge in [0.25, 0.3) is 0 Å². The first-order valence-corrected chi connectivity index (χ1v) is 7.71. The van der Waals surface area contributed by atoms with E-state index in [9.17, 15) is 0 Å². The second-order valence-electron chi connectivity index (χ2n) is 4.99. The van der Waals surface area contributed by atoms with Gasteiger partial charge in [0.05, 0.1) is 6.04 Å². The second-order valence-corrected chi connectivity index (χ2v) is 5.84. The van der Waals surface area contributed by atoms with Crippen LogP contribution in [0.25, 0.3) is 0 Å². The van der Waals surface area contributed by atoms with Crippen molar-refractivity contribution in [1.82, 2.24) is 15.1 Å². The smallest absolute Gasteiger partial charge is 0.189 e. The van der Waals surface area contributed by atoms with Gasteiger partial charge in [-0.05, 0) is 30.7 Å². The summed E-state index contributed by atoms with van der Waals surface area (Å²) in [5.74, 6) is 0.390. The highest BCUT2D eigenvalue weighted by Crippen LogP contribution is 2.25. The first-order chi connectivity index (χ1) is 10.5. The molecule has 22 heavy (non-hydrogen) atoms.